The lowest BCUT2D eigenvalue weighted by atomic mass is 9.89. The summed E-state index contributed by atoms with van der Waals surface area (Å²) in [6.07, 6.45) is 12.0. The zero-order valence-electron chi connectivity index (χ0n) is 20.0. The van der Waals surface area contributed by atoms with E-state index in [2.05, 4.69) is 72.3 Å². The van der Waals surface area contributed by atoms with E-state index in [0.29, 0.717) is 0 Å². The average Bonchev–Trinajstić information content (AvgIpc) is 3.44. The van der Waals surface area contributed by atoms with Crippen LogP contribution in [0.5, 0.6) is 0 Å². The Labute approximate surface area is 202 Å². The van der Waals surface area contributed by atoms with Crippen molar-refractivity contribution in [1.82, 2.24) is 9.88 Å². The molecule has 0 bridgehead atoms. The van der Waals surface area contributed by atoms with Crippen LogP contribution < -0.4 is 10.4 Å². The normalized spacial score (nSPS) is 18.8. The van der Waals surface area contributed by atoms with Crippen LogP contribution in [-0.2, 0) is 19.3 Å². The average molecular weight is 459 g/mol. The van der Waals surface area contributed by atoms with Crippen LogP contribution in [0.3, 0.4) is 0 Å². The summed E-state index contributed by atoms with van der Waals surface area (Å²) in [5.41, 5.74) is 5.75. The number of fused-ring (bicyclic) bond motifs is 4. The van der Waals surface area contributed by atoms with E-state index in [1.165, 1.54) is 89.6 Å². The summed E-state index contributed by atoms with van der Waals surface area (Å²) in [5.74, 6) is 0.903. The van der Waals surface area contributed by atoms with E-state index in [1.54, 1.807) is 5.56 Å². The first-order valence-electron chi connectivity index (χ1n) is 12.5. The van der Waals surface area contributed by atoms with Crippen molar-refractivity contribution in [3.63, 3.8) is 0 Å². The van der Waals surface area contributed by atoms with Gasteiger partial charge in [-0.05, 0) is 108 Å². The highest BCUT2D eigenvalue weighted by molar-refractivity contribution is 6.30. The minimum Gasteiger partial charge on any atom is -0.362 e. The third-order valence-electron chi connectivity index (χ3n) is 7.39. The van der Waals surface area contributed by atoms with Crippen molar-refractivity contribution in [2.24, 2.45) is 5.92 Å². The molecule has 3 aromatic rings. The molecule has 2 aromatic carbocycles. The molecule has 0 radical (unpaired) electrons. The van der Waals surface area contributed by atoms with Crippen LogP contribution in [0.2, 0.25) is 5.02 Å². The van der Waals surface area contributed by atoms with Crippen molar-refractivity contribution in [2.75, 3.05) is 19.6 Å². The van der Waals surface area contributed by atoms with Crippen LogP contribution >= 0.6 is 11.6 Å². The number of aromatic amines is 1. The Morgan fingerprint density at radius 1 is 1.00 bits per heavy atom. The van der Waals surface area contributed by atoms with Crippen molar-refractivity contribution in [2.45, 2.75) is 52.4 Å². The van der Waals surface area contributed by atoms with E-state index < -0.39 is 0 Å². The van der Waals surface area contributed by atoms with Crippen LogP contribution in [-0.4, -0.2) is 29.5 Å². The molecule has 2 aliphatic carbocycles. The number of H-pyrrole nitrogens is 1. The van der Waals surface area contributed by atoms with Gasteiger partial charge in [0.2, 0.25) is 0 Å². The maximum absolute atomic E-state index is 6.09. The van der Waals surface area contributed by atoms with Crippen LogP contribution in [0.1, 0.15) is 48.7 Å². The van der Waals surface area contributed by atoms with Gasteiger partial charge in [0.15, 0.2) is 0 Å². The first-order chi connectivity index (χ1) is 16.1. The minimum atomic E-state index is 0.824. The van der Waals surface area contributed by atoms with Gasteiger partial charge in [0.1, 0.15) is 0 Å². The summed E-state index contributed by atoms with van der Waals surface area (Å²) in [5, 5.41) is 6.29. The van der Waals surface area contributed by atoms with E-state index in [-0.39, 0.29) is 0 Å². The van der Waals surface area contributed by atoms with Gasteiger partial charge >= 0.3 is 0 Å². The first kappa shape index (κ1) is 22.5. The zero-order chi connectivity index (χ0) is 22.8. The molecule has 1 fully saturated rings. The predicted octanol–water partition coefficient (Wildman–Crippen LogP) is 5.29. The Hall–Kier alpha value is -2.29. The number of likely N-dealkylation sites (tertiary alicyclic amines) is 1. The largest absolute Gasteiger partial charge is 0.362 e. The fourth-order valence-corrected chi connectivity index (χ4v) is 5.78. The van der Waals surface area contributed by atoms with Crippen molar-refractivity contribution >= 4 is 23.8 Å². The summed E-state index contributed by atoms with van der Waals surface area (Å²) in [6.45, 7) is 8.26. The second-order valence-electron chi connectivity index (χ2n) is 10.0. The summed E-state index contributed by atoms with van der Waals surface area (Å²) in [4.78, 5) is 5.95. The van der Waals surface area contributed by atoms with E-state index >= 15 is 0 Å². The lowest BCUT2D eigenvalue weighted by Crippen LogP contribution is -2.23. The fraction of sp³-hybridized carbons (Fsp3) is 0.400. The second-order valence-corrected chi connectivity index (χ2v) is 10.4. The van der Waals surface area contributed by atoms with Crippen LogP contribution in [0.25, 0.3) is 12.2 Å². The van der Waals surface area contributed by atoms with Gasteiger partial charge in [-0.25, -0.2) is 0 Å². The second kappa shape index (κ2) is 9.91. The molecule has 1 aliphatic heterocycles. The van der Waals surface area contributed by atoms with Crippen LogP contribution in [0, 0.1) is 23.3 Å². The number of rotatable bonds is 3. The molecular formula is C30H35ClN2. The summed E-state index contributed by atoms with van der Waals surface area (Å²) < 4.78 is 0. The number of aromatic nitrogens is 1. The van der Waals surface area contributed by atoms with Gasteiger partial charge < -0.3 is 9.88 Å². The van der Waals surface area contributed by atoms with E-state index in [9.17, 15) is 0 Å². The van der Waals surface area contributed by atoms with Gasteiger partial charge in [-0.15, -0.1) is 0 Å². The van der Waals surface area contributed by atoms with Gasteiger partial charge in [0.25, 0.3) is 0 Å². The molecule has 0 amide bonds. The highest BCUT2D eigenvalue weighted by atomic mass is 35.5. The topological polar surface area (TPSA) is 19.0 Å². The third-order valence-corrected chi connectivity index (χ3v) is 7.63. The molecule has 1 saturated heterocycles. The molecule has 1 unspecified atom stereocenters. The fourth-order valence-electron chi connectivity index (χ4n) is 5.60. The Kier molecular flexibility index (Phi) is 6.76. The molecule has 2 heterocycles. The van der Waals surface area contributed by atoms with E-state index in [4.69, 9.17) is 11.6 Å². The van der Waals surface area contributed by atoms with E-state index in [0.717, 1.165) is 17.4 Å². The monoisotopic (exact) mass is 458 g/mol. The molecule has 1 N–H and O–H groups in total. The van der Waals surface area contributed by atoms with Gasteiger partial charge in [0, 0.05) is 35.9 Å². The summed E-state index contributed by atoms with van der Waals surface area (Å²) >= 11 is 6.09. The molecule has 6 rings (SSSR count). The van der Waals surface area contributed by atoms with Crippen molar-refractivity contribution < 1.29 is 0 Å². The molecule has 0 spiro atoms. The predicted molar refractivity (Wildman–Crippen MR) is 140 cm³/mol. The lowest BCUT2D eigenvalue weighted by molar-refractivity contribution is 0.331. The minimum absolute atomic E-state index is 0.824. The highest BCUT2D eigenvalue weighted by Gasteiger charge is 2.17. The number of nitrogens with zero attached hydrogens (tertiary/aromatic N) is 1. The first-order valence-corrected chi connectivity index (χ1v) is 12.9. The maximum atomic E-state index is 6.09. The number of hydrogen-bond donors (Lipinski definition) is 1. The van der Waals surface area contributed by atoms with Crippen molar-refractivity contribution in [3.05, 3.63) is 90.9 Å². The molecule has 172 valence electrons. The summed E-state index contributed by atoms with van der Waals surface area (Å²) in [6, 6.07) is 15.2. The van der Waals surface area contributed by atoms with Crippen molar-refractivity contribution in [1.29, 1.82) is 0 Å². The molecule has 33 heavy (non-hydrogen) atoms. The lowest BCUT2D eigenvalue weighted by Gasteiger charge is -2.16. The smallest absolute Gasteiger partial charge is 0.0412 e. The van der Waals surface area contributed by atoms with Crippen LogP contribution in [0.4, 0.5) is 0 Å². The molecule has 3 heteroatoms. The Morgan fingerprint density at radius 3 is 2.67 bits per heavy atom. The highest BCUT2D eigenvalue weighted by Crippen LogP contribution is 2.18. The molecule has 1 atom stereocenters. The maximum Gasteiger partial charge on any atom is 0.0412 e. The van der Waals surface area contributed by atoms with Gasteiger partial charge in [-0.1, -0.05) is 48.9 Å². The number of hydrogen-bond acceptors (Lipinski definition) is 1. The number of nitrogens with one attached hydrogen (secondary N) is 1. The van der Waals surface area contributed by atoms with Crippen molar-refractivity contribution in [3.8, 4) is 0 Å². The Morgan fingerprint density at radius 2 is 1.88 bits per heavy atom. The Bertz CT molecular complexity index is 1350. The Balaban J connectivity index is 0.000000146. The number of halogens is 1. The SMILES string of the molecule is Cc1ccc(CCN2CCC(C)C2)[nH]1.Clc1ccc2c(c1)=CCc1c3c(ccc1=2)=CCCC3. The summed E-state index contributed by atoms with van der Waals surface area (Å²) in [7, 11) is 0. The van der Waals surface area contributed by atoms with E-state index in [1.807, 2.05) is 6.07 Å². The molecular weight excluding hydrogens is 424 g/mol. The van der Waals surface area contributed by atoms with Gasteiger partial charge in [-0.3, -0.25) is 0 Å². The molecule has 2 nitrogen and oxygen atoms in total. The molecule has 0 saturated carbocycles. The van der Waals surface area contributed by atoms with Gasteiger partial charge in [0.05, 0.1) is 0 Å². The van der Waals surface area contributed by atoms with Crippen LogP contribution in [0.15, 0.2) is 42.5 Å². The quantitative estimate of drug-likeness (QED) is 0.565. The molecule has 3 aliphatic rings. The number of aryl methyl sites for hydroxylation is 1. The standard InChI is InChI=1S/C18H15Cl.C12H20N2/c19-14-7-10-16-13(11-14)6-9-17-15-4-2-1-3-12(15)5-8-18(16)17;1-10-5-7-14(9-10)8-6-12-4-3-11(2)13-12/h3,5-8,10-11H,1-2,4,9H2;3-4,10,13H,5-9H2,1-2H3. The zero-order valence-corrected chi connectivity index (χ0v) is 20.7. The van der Waals surface area contributed by atoms with Gasteiger partial charge in [-0.2, -0.15) is 0 Å². The number of benzene rings is 2. The third kappa shape index (κ3) is 5.13. The molecule has 1 aromatic heterocycles.